The minimum absolute atomic E-state index is 0.0670. The molecule has 1 amide bonds. The average molecular weight is 389 g/mol. The van der Waals surface area contributed by atoms with Gasteiger partial charge >= 0.3 is 0 Å². The molecule has 0 unspecified atom stereocenters. The lowest BCUT2D eigenvalue weighted by Crippen LogP contribution is -2.35. The van der Waals surface area contributed by atoms with Crippen LogP contribution in [-0.2, 0) is 6.54 Å². The third-order valence-electron chi connectivity index (χ3n) is 5.10. The number of carbonyl (C=O) groups is 1. The number of aliphatic hydroxyl groups is 1. The van der Waals surface area contributed by atoms with Gasteiger partial charge in [0.2, 0.25) is 5.88 Å². The van der Waals surface area contributed by atoms with Gasteiger partial charge in [-0.05, 0) is 24.7 Å². The van der Waals surface area contributed by atoms with Gasteiger partial charge in [0.05, 0.1) is 6.10 Å². The van der Waals surface area contributed by atoms with Gasteiger partial charge < -0.3 is 20.4 Å². The topological polar surface area (TPSA) is 112 Å². The first kappa shape index (κ1) is 18.8. The second-order valence-corrected chi connectivity index (χ2v) is 9.06. The molecule has 9 heteroatoms. The molecular weight excluding hydrogens is 362 g/mol. The number of hydrogen-bond acceptors (Lipinski definition) is 6. The summed E-state index contributed by atoms with van der Waals surface area (Å²) < 4.78 is 2.76. The van der Waals surface area contributed by atoms with E-state index in [0.717, 1.165) is 12.8 Å². The van der Waals surface area contributed by atoms with Crippen molar-refractivity contribution in [3.63, 3.8) is 0 Å². The van der Waals surface area contributed by atoms with Gasteiger partial charge in [0.15, 0.2) is 11.4 Å². The molecule has 1 saturated carbocycles. The lowest BCUT2D eigenvalue weighted by atomic mass is 9.96. The minimum atomic E-state index is -0.637. The number of nitrogens with zero attached hydrogens (tertiary/aromatic N) is 4. The van der Waals surface area contributed by atoms with E-state index < -0.39 is 17.6 Å². The van der Waals surface area contributed by atoms with Crippen LogP contribution in [0.15, 0.2) is 10.9 Å². The van der Waals surface area contributed by atoms with Gasteiger partial charge in [-0.15, -0.1) is 5.10 Å². The monoisotopic (exact) mass is 389 g/mol. The summed E-state index contributed by atoms with van der Waals surface area (Å²) >= 11 is 0. The van der Waals surface area contributed by atoms with Crippen molar-refractivity contribution in [2.45, 2.75) is 58.7 Å². The summed E-state index contributed by atoms with van der Waals surface area (Å²) in [7, 11) is 0. The maximum Gasteiger partial charge on any atom is 0.291 e. The van der Waals surface area contributed by atoms with E-state index in [9.17, 15) is 19.8 Å². The average Bonchev–Trinajstić information content (AvgIpc) is 3.12. The number of carbonyl (C=O) groups excluding carboxylic acids is 1. The predicted molar refractivity (Wildman–Crippen MR) is 104 cm³/mol. The fourth-order valence-corrected chi connectivity index (χ4v) is 3.56. The van der Waals surface area contributed by atoms with Gasteiger partial charge in [-0.25, -0.2) is 0 Å². The zero-order valence-corrected chi connectivity index (χ0v) is 16.5. The molecular formula is C19H27N5O4. The third kappa shape index (κ3) is 3.46. The van der Waals surface area contributed by atoms with E-state index in [-0.39, 0.29) is 22.9 Å². The van der Waals surface area contributed by atoms with Crippen LogP contribution in [0.3, 0.4) is 0 Å². The summed E-state index contributed by atoms with van der Waals surface area (Å²) in [6.45, 7) is 7.52. The highest BCUT2D eigenvalue weighted by molar-refractivity contribution is 5.96. The van der Waals surface area contributed by atoms with E-state index >= 15 is 0 Å². The highest BCUT2D eigenvalue weighted by Crippen LogP contribution is 2.28. The fraction of sp³-hybridized carbons (Fsp3) is 0.632. The summed E-state index contributed by atoms with van der Waals surface area (Å²) in [6.07, 6.45) is 1.98. The number of nitrogens with one attached hydrogen (secondary N) is 1. The highest BCUT2D eigenvalue weighted by atomic mass is 16.3. The van der Waals surface area contributed by atoms with Crippen molar-refractivity contribution in [3.8, 4) is 5.88 Å². The molecule has 2 aromatic rings. The van der Waals surface area contributed by atoms with Crippen LogP contribution in [0.1, 0.15) is 50.4 Å². The number of hydrogen-bond donors (Lipinski definition) is 3. The molecule has 3 heterocycles. The number of aromatic hydroxyl groups is 1. The van der Waals surface area contributed by atoms with Crippen LogP contribution in [0.4, 0.5) is 5.82 Å². The maximum atomic E-state index is 13.0. The van der Waals surface area contributed by atoms with Crippen molar-refractivity contribution >= 4 is 17.4 Å². The normalized spacial score (nSPS) is 20.1. The number of β-amino-alcohol motifs (C(OH)–C–C–N with tert-alkyl or cyclic N) is 1. The molecule has 1 saturated heterocycles. The van der Waals surface area contributed by atoms with Gasteiger partial charge in [0, 0.05) is 31.7 Å². The summed E-state index contributed by atoms with van der Waals surface area (Å²) in [5.41, 5.74) is -0.690. The Labute approximate surface area is 162 Å². The Morgan fingerprint density at radius 2 is 2.04 bits per heavy atom. The minimum Gasteiger partial charge on any atom is -0.494 e. The van der Waals surface area contributed by atoms with E-state index in [1.165, 1.54) is 4.52 Å². The Morgan fingerprint density at radius 1 is 1.32 bits per heavy atom. The zero-order valence-electron chi connectivity index (χ0n) is 16.5. The predicted octanol–water partition coefficient (Wildman–Crippen LogP) is 0.711. The Hall–Kier alpha value is -2.55. The standard InChI is InChI=1S/C19H27N5O4/c1-19(2,3)10-23-14-8-13(22-7-6-12(25)9-22)21-24(14)18(28)15(17(23)27)16(26)20-11-4-5-11/h8,11-12,25,27H,4-7,9-10H2,1-3H3,(H,20,26)/t12-/m0/s1. The second-order valence-electron chi connectivity index (χ2n) is 9.06. The van der Waals surface area contributed by atoms with Crippen molar-refractivity contribution in [3.05, 3.63) is 22.0 Å². The van der Waals surface area contributed by atoms with Crippen LogP contribution in [-0.4, -0.2) is 55.5 Å². The molecule has 0 spiro atoms. The Balaban J connectivity index is 1.87. The van der Waals surface area contributed by atoms with Gasteiger partial charge in [-0.3, -0.25) is 14.2 Å². The van der Waals surface area contributed by atoms with Crippen molar-refractivity contribution in [2.75, 3.05) is 18.0 Å². The first-order valence-electron chi connectivity index (χ1n) is 9.73. The molecule has 3 N–H and O–H groups in total. The highest BCUT2D eigenvalue weighted by Gasteiger charge is 2.31. The number of fused-ring (bicyclic) bond motifs is 1. The largest absolute Gasteiger partial charge is 0.494 e. The van der Waals surface area contributed by atoms with Crippen LogP contribution >= 0.6 is 0 Å². The first-order chi connectivity index (χ1) is 13.1. The smallest absolute Gasteiger partial charge is 0.291 e. The number of aliphatic hydroxyl groups excluding tert-OH is 1. The molecule has 152 valence electrons. The summed E-state index contributed by atoms with van der Waals surface area (Å²) in [5.74, 6) is -0.350. The Bertz CT molecular complexity index is 983. The maximum absolute atomic E-state index is 13.0. The molecule has 2 aromatic heterocycles. The number of anilines is 1. The summed E-state index contributed by atoms with van der Waals surface area (Å²) in [4.78, 5) is 27.5. The van der Waals surface area contributed by atoms with Crippen LogP contribution in [0.2, 0.25) is 0 Å². The van der Waals surface area contributed by atoms with Crippen molar-refractivity contribution in [1.29, 1.82) is 0 Å². The third-order valence-corrected chi connectivity index (χ3v) is 5.10. The van der Waals surface area contributed by atoms with E-state index in [2.05, 4.69) is 10.4 Å². The summed E-state index contributed by atoms with van der Waals surface area (Å²) in [6, 6.07) is 1.80. The van der Waals surface area contributed by atoms with Gasteiger partial charge in [0.1, 0.15) is 5.65 Å². The second kappa shape index (κ2) is 6.51. The van der Waals surface area contributed by atoms with Gasteiger partial charge in [-0.2, -0.15) is 4.52 Å². The van der Waals surface area contributed by atoms with E-state index in [1.807, 2.05) is 25.7 Å². The molecule has 4 rings (SSSR count). The van der Waals surface area contributed by atoms with E-state index in [4.69, 9.17) is 0 Å². The van der Waals surface area contributed by atoms with Crippen LogP contribution in [0.5, 0.6) is 5.88 Å². The molecule has 2 aliphatic rings. The number of aromatic nitrogens is 3. The van der Waals surface area contributed by atoms with Crippen LogP contribution < -0.4 is 15.8 Å². The van der Waals surface area contributed by atoms with E-state index in [0.29, 0.717) is 37.5 Å². The first-order valence-corrected chi connectivity index (χ1v) is 9.73. The molecule has 28 heavy (non-hydrogen) atoms. The SMILES string of the molecule is CC(C)(C)Cn1c(O)c(C(=O)NC2CC2)c(=O)n2nc(N3CC[C@H](O)C3)cc12. The molecule has 9 nitrogen and oxygen atoms in total. The van der Waals surface area contributed by atoms with Crippen molar-refractivity contribution in [1.82, 2.24) is 19.5 Å². The van der Waals surface area contributed by atoms with Crippen LogP contribution in [0.25, 0.3) is 5.65 Å². The Kier molecular flexibility index (Phi) is 4.37. The quantitative estimate of drug-likeness (QED) is 0.710. The molecule has 0 aromatic carbocycles. The lowest BCUT2D eigenvalue weighted by Gasteiger charge is -2.23. The fourth-order valence-electron chi connectivity index (χ4n) is 3.56. The van der Waals surface area contributed by atoms with Gasteiger partial charge in [-0.1, -0.05) is 20.8 Å². The lowest BCUT2D eigenvalue weighted by molar-refractivity contribution is 0.0944. The molecule has 1 aliphatic carbocycles. The summed E-state index contributed by atoms with van der Waals surface area (Å²) in [5, 5.41) is 27.9. The van der Waals surface area contributed by atoms with E-state index in [1.54, 1.807) is 10.6 Å². The molecule has 0 bridgehead atoms. The van der Waals surface area contributed by atoms with Crippen LogP contribution in [0, 0.1) is 5.41 Å². The Morgan fingerprint density at radius 3 is 2.61 bits per heavy atom. The van der Waals surface area contributed by atoms with Crippen molar-refractivity contribution in [2.24, 2.45) is 5.41 Å². The zero-order chi connectivity index (χ0) is 20.2. The molecule has 1 atom stereocenters. The van der Waals surface area contributed by atoms with Crippen molar-refractivity contribution < 1.29 is 15.0 Å². The molecule has 0 radical (unpaired) electrons. The molecule has 2 fully saturated rings. The van der Waals surface area contributed by atoms with Gasteiger partial charge in [0.25, 0.3) is 11.5 Å². The number of rotatable bonds is 4. The molecule has 1 aliphatic heterocycles. The number of amides is 1.